The summed E-state index contributed by atoms with van der Waals surface area (Å²) in [5.74, 6) is 0.740. The third kappa shape index (κ3) is 5.59. The number of aryl methyl sites for hydroxylation is 1. The van der Waals surface area contributed by atoms with E-state index in [2.05, 4.69) is 0 Å². The summed E-state index contributed by atoms with van der Waals surface area (Å²) in [7, 11) is 0. The smallest absolute Gasteiger partial charge is 0.119 e. The SMILES string of the molecule is CCC(O)(CC)COc1cccc(CCC(N)O)c1. The normalized spacial score (nSPS) is 13.3. The minimum atomic E-state index is -0.783. The van der Waals surface area contributed by atoms with Crippen LogP contribution in [0.5, 0.6) is 5.75 Å². The molecule has 0 radical (unpaired) electrons. The Hall–Kier alpha value is -1.10. The molecule has 1 aromatic carbocycles. The van der Waals surface area contributed by atoms with Crippen molar-refractivity contribution in [2.75, 3.05) is 6.61 Å². The van der Waals surface area contributed by atoms with Gasteiger partial charge in [-0.15, -0.1) is 0 Å². The van der Waals surface area contributed by atoms with Gasteiger partial charge in [-0.25, -0.2) is 0 Å². The van der Waals surface area contributed by atoms with Gasteiger partial charge in [0.25, 0.3) is 0 Å². The molecular formula is C15H25NO3. The molecule has 0 saturated heterocycles. The first kappa shape index (κ1) is 16.0. The molecule has 19 heavy (non-hydrogen) atoms. The van der Waals surface area contributed by atoms with Crippen molar-refractivity contribution in [1.82, 2.24) is 0 Å². The molecule has 0 saturated carbocycles. The van der Waals surface area contributed by atoms with Crippen molar-refractivity contribution >= 4 is 0 Å². The third-order valence-corrected chi connectivity index (χ3v) is 3.45. The number of benzene rings is 1. The quantitative estimate of drug-likeness (QED) is 0.628. The van der Waals surface area contributed by atoms with Crippen LogP contribution < -0.4 is 10.5 Å². The fourth-order valence-corrected chi connectivity index (χ4v) is 1.78. The Balaban J connectivity index is 2.57. The largest absolute Gasteiger partial charge is 0.491 e. The average Bonchev–Trinajstić information content (AvgIpc) is 2.43. The van der Waals surface area contributed by atoms with Crippen molar-refractivity contribution in [3.05, 3.63) is 29.8 Å². The van der Waals surface area contributed by atoms with Crippen LogP contribution in [0.4, 0.5) is 0 Å². The molecular weight excluding hydrogens is 242 g/mol. The number of aliphatic hydroxyl groups is 2. The van der Waals surface area contributed by atoms with Gasteiger partial charge >= 0.3 is 0 Å². The van der Waals surface area contributed by atoms with Crippen LogP contribution in [0, 0.1) is 0 Å². The van der Waals surface area contributed by atoms with Crippen LogP contribution in [0.25, 0.3) is 0 Å². The third-order valence-electron chi connectivity index (χ3n) is 3.45. The average molecular weight is 267 g/mol. The molecule has 1 aromatic rings. The van der Waals surface area contributed by atoms with Crippen LogP contribution in [0.3, 0.4) is 0 Å². The standard InChI is InChI=1S/C15H25NO3/c1-3-15(18,4-2)11-19-13-7-5-6-12(10-13)8-9-14(16)17/h5-7,10,14,17-18H,3-4,8-9,11,16H2,1-2H3. The van der Waals surface area contributed by atoms with Crippen LogP contribution in [0.1, 0.15) is 38.7 Å². The predicted molar refractivity (Wildman–Crippen MR) is 76.0 cm³/mol. The second-order valence-corrected chi connectivity index (χ2v) is 4.97. The highest BCUT2D eigenvalue weighted by atomic mass is 16.5. The minimum absolute atomic E-state index is 0.295. The lowest BCUT2D eigenvalue weighted by Crippen LogP contribution is -2.34. The second-order valence-electron chi connectivity index (χ2n) is 4.97. The molecule has 0 bridgehead atoms. The lowest BCUT2D eigenvalue weighted by atomic mass is 9.99. The minimum Gasteiger partial charge on any atom is -0.491 e. The molecule has 0 fully saturated rings. The number of aliphatic hydroxyl groups excluding tert-OH is 1. The summed E-state index contributed by atoms with van der Waals surface area (Å²) >= 11 is 0. The van der Waals surface area contributed by atoms with E-state index in [1.807, 2.05) is 38.1 Å². The van der Waals surface area contributed by atoms with E-state index in [1.165, 1.54) is 0 Å². The Bertz CT molecular complexity index is 375. The topological polar surface area (TPSA) is 75.7 Å². The van der Waals surface area contributed by atoms with Gasteiger partial charge in [-0.1, -0.05) is 26.0 Å². The Morgan fingerprint density at radius 1 is 1.32 bits per heavy atom. The highest BCUT2D eigenvalue weighted by Gasteiger charge is 2.23. The van der Waals surface area contributed by atoms with Crippen molar-refractivity contribution in [2.45, 2.75) is 51.4 Å². The molecule has 0 amide bonds. The van der Waals surface area contributed by atoms with Gasteiger partial charge in [-0.3, -0.25) is 0 Å². The van der Waals surface area contributed by atoms with E-state index < -0.39 is 11.8 Å². The first-order valence-corrected chi connectivity index (χ1v) is 6.87. The number of ether oxygens (including phenoxy) is 1. The number of hydrogen-bond donors (Lipinski definition) is 3. The number of rotatable bonds is 8. The molecule has 4 N–H and O–H groups in total. The molecule has 4 heteroatoms. The van der Waals surface area contributed by atoms with Gasteiger partial charge in [0, 0.05) is 0 Å². The maximum absolute atomic E-state index is 10.2. The fraction of sp³-hybridized carbons (Fsp3) is 0.600. The zero-order valence-corrected chi connectivity index (χ0v) is 11.8. The lowest BCUT2D eigenvalue weighted by Gasteiger charge is -2.25. The molecule has 0 aliphatic rings. The summed E-state index contributed by atoms with van der Waals surface area (Å²) in [4.78, 5) is 0. The van der Waals surface area contributed by atoms with E-state index in [9.17, 15) is 5.11 Å². The van der Waals surface area contributed by atoms with Gasteiger partial charge in [0.1, 0.15) is 18.6 Å². The number of hydrogen-bond acceptors (Lipinski definition) is 4. The first-order chi connectivity index (χ1) is 8.99. The molecule has 1 atom stereocenters. The second kappa shape index (κ2) is 7.48. The summed E-state index contributed by atoms with van der Waals surface area (Å²) in [5, 5.41) is 19.2. The van der Waals surface area contributed by atoms with E-state index >= 15 is 0 Å². The van der Waals surface area contributed by atoms with Gasteiger partial charge < -0.3 is 20.7 Å². The molecule has 0 spiro atoms. The zero-order chi connectivity index (χ0) is 14.3. The first-order valence-electron chi connectivity index (χ1n) is 6.87. The van der Waals surface area contributed by atoms with Crippen molar-refractivity contribution < 1.29 is 14.9 Å². The van der Waals surface area contributed by atoms with Gasteiger partial charge in [0.15, 0.2) is 0 Å². The van der Waals surface area contributed by atoms with E-state index in [-0.39, 0.29) is 0 Å². The molecule has 1 unspecified atom stereocenters. The summed E-state index contributed by atoms with van der Waals surface area (Å²) in [5.41, 5.74) is 5.63. The molecule has 4 nitrogen and oxygen atoms in total. The Morgan fingerprint density at radius 3 is 2.58 bits per heavy atom. The van der Waals surface area contributed by atoms with Gasteiger partial charge in [0.05, 0.1) is 5.60 Å². The van der Waals surface area contributed by atoms with E-state index in [0.717, 1.165) is 11.3 Å². The summed E-state index contributed by atoms with van der Waals surface area (Å²) in [6.45, 7) is 4.20. The highest BCUT2D eigenvalue weighted by Crippen LogP contribution is 2.19. The molecule has 0 aliphatic heterocycles. The monoisotopic (exact) mass is 267 g/mol. The Morgan fingerprint density at radius 2 is 2.00 bits per heavy atom. The molecule has 0 aromatic heterocycles. The van der Waals surface area contributed by atoms with E-state index in [1.54, 1.807) is 0 Å². The van der Waals surface area contributed by atoms with Crippen LogP contribution in [-0.2, 0) is 6.42 Å². The van der Waals surface area contributed by atoms with Crippen LogP contribution in [-0.4, -0.2) is 28.6 Å². The fourth-order valence-electron chi connectivity index (χ4n) is 1.78. The predicted octanol–water partition coefficient (Wildman–Crippen LogP) is 1.83. The molecule has 0 aliphatic carbocycles. The highest BCUT2D eigenvalue weighted by molar-refractivity contribution is 5.28. The van der Waals surface area contributed by atoms with Crippen molar-refractivity contribution in [2.24, 2.45) is 5.73 Å². The Kier molecular flexibility index (Phi) is 6.28. The van der Waals surface area contributed by atoms with Crippen LogP contribution in [0.2, 0.25) is 0 Å². The van der Waals surface area contributed by atoms with Crippen LogP contribution in [0.15, 0.2) is 24.3 Å². The lowest BCUT2D eigenvalue weighted by molar-refractivity contribution is -0.0113. The summed E-state index contributed by atoms with van der Waals surface area (Å²) < 4.78 is 5.66. The Labute approximate surface area is 115 Å². The zero-order valence-electron chi connectivity index (χ0n) is 11.8. The van der Waals surface area contributed by atoms with Crippen molar-refractivity contribution in [3.8, 4) is 5.75 Å². The molecule has 1 rings (SSSR count). The van der Waals surface area contributed by atoms with Gasteiger partial charge in [-0.05, 0) is 43.4 Å². The van der Waals surface area contributed by atoms with Crippen molar-refractivity contribution in [3.63, 3.8) is 0 Å². The summed E-state index contributed by atoms with van der Waals surface area (Å²) in [6, 6.07) is 7.67. The van der Waals surface area contributed by atoms with Crippen LogP contribution >= 0.6 is 0 Å². The maximum Gasteiger partial charge on any atom is 0.119 e. The maximum atomic E-state index is 10.2. The van der Waals surface area contributed by atoms with E-state index in [4.69, 9.17) is 15.6 Å². The summed E-state index contributed by atoms with van der Waals surface area (Å²) in [6.07, 6.45) is 1.79. The number of nitrogens with two attached hydrogens (primary N) is 1. The molecule has 108 valence electrons. The van der Waals surface area contributed by atoms with Gasteiger partial charge in [-0.2, -0.15) is 0 Å². The van der Waals surface area contributed by atoms with Crippen molar-refractivity contribution in [1.29, 1.82) is 0 Å². The van der Waals surface area contributed by atoms with E-state index in [0.29, 0.717) is 32.3 Å². The molecule has 0 heterocycles. The van der Waals surface area contributed by atoms with Gasteiger partial charge in [0.2, 0.25) is 0 Å².